The molecule has 2 rings (SSSR count). The van der Waals surface area contributed by atoms with Crippen molar-refractivity contribution in [2.45, 2.75) is 37.8 Å². The van der Waals surface area contributed by atoms with Crippen molar-refractivity contribution in [2.24, 2.45) is 0 Å². The van der Waals surface area contributed by atoms with Gasteiger partial charge in [-0.2, -0.15) is 0 Å². The van der Waals surface area contributed by atoms with Crippen molar-refractivity contribution in [1.82, 2.24) is 20.5 Å². The van der Waals surface area contributed by atoms with Gasteiger partial charge in [-0.15, -0.1) is 5.10 Å². The lowest BCUT2D eigenvalue weighted by Gasteiger charge is -2.07. The molecule has 23 heavy (non-hydrogen) atoms. The maximum atomic E-state index is 11.7. The second kappa shape index (κ2) is 8.21. The quantitative estimate of drug-likeness (QED) is 0.747. The van der Waals surface area contributed by atoms with E-state index in [0.29, 0.717) is 28.3 Å². The Balaban J connectivity index is 1.89. The summed E-state index contributed by atoms with van der Waals surface area (Å²) in [4.78, 5) is 16.0. The third kappa shape index (κ3) is 5.14. The van der Waals surface area contributed by atoms with Gasteiger partial charge in [0.25, 0.3) is 0 Å². The Kier molecular flexibility index (Phi) is 6.29. The fraction of sp³-hybridized carbons (Fsp3) is 0.400. The maximum absolute atomic E-state index is 11.7. The molecule has 6 nitrogen and oxygen atoms in total. The van der Waals surface area contributed by atoms with Crippen molar-refractivity contribution in [3.05, 3.63) is 34.6 Å². The highest BCUT2D eigenvalue weighted by molar-refractivity contribution is 8.00. The van der Waals surface area contributed by atoms with Gasteiger partial charge in [-0.3, -0.25) is 9.89 Å². The monoisotopic (exact) mass is 354 g/mol. The van der Waals surface area contributed by atoms with E-state index in [4.69, 9.17) is 16.3 Å². The first kappa shape index (κ1) is 17.6. The Morgan fingerprint density at radius 2 is 2.30 bits per heavy atom. The fourth-order valence-electron chi connectivity index (χ4n) is 1.78. The number of carbonyl (C=O) groups is 1. The number of halogens is 1. The molecule has 0 unspecified atom stereocenters. The number of aryl methyl sites for hydroxylation is 1. The van der Waals surface area contributed by atoms with Gasteiger partial charge < -0.3 is 10.1 Å². The number of nitrogens with one attached hydrogen (secondary N) is 2. The molecule has 0 aliphatic rings. The zero-order valence-corrected chi connectivity index (χ0v) is 14.8. The first-order valence-corrected chi connectivity index (χ1v) is 8.50. The van der Waals surface area contributed by atoms with E-state index >= 15 is 0 Å². The van der Waals surface area contributed by atoms with Gasteiger partial charge in [0.05, 0.1) is 5.25 Å². The lowest BCUT2D eigenvalue weighted by atomic mass is 10.2. The van der Waals surface area contributed by atoms with E-state index in [0.717, 1.165) is 5.56 Å². The zero-order chi connectivity index (χ0) is 16.8. The van der Waals surface area contributed by atoms with Crippen LogP contribution >= 0.6 is 23.4 Å². The molecule has 124 valence electrons. The Morgan fingerprint density at radius 1 is 1.52 bits per heavy atom. The summed E-state index contributed by atoms with van der Waals surface area (Å²) >= 11 is 7.28. The average molecular weight is 355 g/mol. The summed E-state index contributed by atoms with van der Waals surface area (Å²) in [5.74, 6) is 1.29. The third-order valence-electron chi connectivity index (χ3n) is 3.02. The Morgan fingerprint density at radius 3 is 3.00 bits per heavy atom. The van der Waals surface area contributed by atoms with Crippen LogP contribution in [0.1, 0.15) is 25.2 Å². The van der Waals surface area contributed by atoms with E-state index in [1.807, 2.05) is 26.8 Å². The van der Waals surface area contributed by atoms with Crippen molar-refractivity contribution in [3.63, 3.8) is 0 Å². The minimum atomic E-state index is -0.251. The standard InChI is InChI=1S/C15H19ClN4O2S/c1-4-17-14(21)10(3)23-15-18-13(19-20-15)8-22-11-5-6-12(16)9(2)7-11/h5-7,10H,4,8H2,1-3H3,(H,17,21)(H,18,19,20)/t10-/m0/s1. The molecule has 0 fully saturated rings. The minimum Gasteiger partial charge on any atom is -0.486 e. The van der Waals surface area contributed by atoms with E-state index in [2.05, 4.69) is 20.5 Å². The number of amides is 1. The molecule has 0 bridgehead atoms. The number of thioether (sulfide) groups is 1. The molecule has 1 amide bonds. The van der Waals surface area contributed by atoms with Crippen LogP contribution < -0.4 is 10.1 Å². The summed E-state index contributed by atoms with van der Waals surface area (Å²) in [6, 6.07) is 5.46. The Bertz CT molecular complexity index is 677. The van der Waals surface area contributed by atoms with Crippen LogP contribution in [0.25, 0.3) is 0 Å². The van der Waals surface area contributed by atoms with Crippen LogP contribution in [0.3, 0.4) is 0 Å². The maximum Gasteiger partial charge on any atom is 0.233 e. The number of benzene rings is 1. The lowest BCUT2D eigenvalue weighted by Crippen LogP contribution is -2.30. The predicted octanol–water partition coefficient (Wildman–Crippen LogP) is 2.96. The van der Waals surface area contributed by atoms with Gasteiger partial charge in [0.2, 0.25) is 11.1 Å². The number of aromatic nitrogens is 3. The highest BCUT2D eigenvalue weighted by Crippen LogP contribution is 2.22. The SMILES string of the molecule is CCNC(=O)[C@H](C)Sc1n[nH]c(COc2ccc(Cl)c(C)c2)n1. The van der Waals surface area contributed by atoms with Gasteiger partial charge in [-0.05, 0) is 44.5 Å². The number of rotatable bonds is 7. The van der Waals surface area contributed by atoms with E-state index in [1.165, 1.54) is 11.8 Å². The first-order valence-electron chi connectivity index (χ1n) is 7.24. The molecule has 1 aromatic heterocycles. The van der Waals surface area contributed by atoms with Crippen LogP contribution in [0.2, 0.25) is 5.02 Å². The van der Waals surface area contributed by atoms with Crippen molar-refractivity contribution in [1.29, 1.82) is 0 Å². The molecule has 2 N–H and O–H groups in total. The van der Waals surface area contributed by atoms with Gasteiger partial charge in [0.15, 0.2) is 5.82 Å². The highest BCUT2D eigenvalue weighted by Gasteiger charge is 2.16. The number of aromatic amines is 1. The van der Waals surface area contributed by atoms with E-state index in [-0.39, 0.29) is 17.8 Å². The van der Waals surface area contributed by atoms with Gasteiger partial charge in [0, 0.05) is 11.6 Å². The largest absolute Gasteiger partial charge is 0.486 e. The van der Waals surface area contributed by atoms with Crippen LogP contribution in [0, 0.1) is 6.92 Å². The Hall–Kier alpha value is -1.73. The summed E-state index contributed by atoms with van der Waals surface area (Å²) < 4.78 is 5.65. The van der Waals surface area contributed by atoms with Crippen molar-refractivity contribution < 1.29 is 9.53 Å². The molecule has 0 spiro atoms. The number of H-pyrrole nitrogens is 1. The molecule has 1 heterocycles. The normalized spacial score (nSPS) is 12.0. The van der Waals surface area contributed by atoms with Gasteiger partial charge in [0.1, 0.15) is 12.4 Å². The molecule has 1 atom stereocenters. The van der Waals surface area contributed by atoms with Crippen LogP contribution in [0.4, 0.5) is 0 Å². The van der Waals surface area contributed by atoms with E-state index in [9.17, 15) is 4.79 Å². The summed E-state index contributed by atoms with van der Waals surface area (Å²) in [6.07, 6.45) is 0. The lowest BCUT2D eigenvalue weighted by molar-refractivity contribution is -0.120. The van der Waals surface area contributed by atoms with Crippen molar-refractivity contribution in [2.75, 3.05) is 6.54 Å². The predicted molar refractivity (Wildman–Crippen MR) is 90.9 cm³/mol. The molecule has 0 saturated carbocycles. The van der Waals surface area contributed by atoms with Gasteiger partial charge >= 0.3 is 0 Å². The van der Waals surface area contributed by atoms with Gasteiger partial charge in [-0.1, -0.05) is 23.4 Å². The van der Waals surface area contributed by atoms with Crippen LogP contribution in [-0.4, -0.2) is 32.9 Å². The molecule has 0 aliphatic carbocycles. The molecule has 0 aliphatic heterocycles. The van der Waals surface area contributed by atoms with Crippen molar-refractivity contribution >= 4 is 29.3 Å². The molecular weight excluding hydrogens is 336 g/mol. The molecular formula is C15H19ClN4O2S. The zero-order valence-electron chi connectivity index (χ0n) is 13.2. The molecule has 8 heteroatoms. The molecule has 0 saturated heterocycles. The van der Waals surface area contributed by atoms with Crippen LogP contribution in [-0.2, 0) is 11.4 Å². The molecule has 0 radical (unpaired) electrons. The smallest absolute Gasteiger partial charge is 0.233 e. The van der Waals surface area contributed by atoms with E-state index < -0.39 is 0 Å². The molecule has 2 aromatic rings. The number of nitrogens with zero attached hydrogens (tertiary/aromatic N) is 2. The van der Waals surface area contributed by atoms with E-state index in [1.54, 1.807) is 12.1 Å². The second-order valence-electron chi connectivity index (χ2n) is 4.92. The summed E-state index contributed by atoms with van der Waals surface area (Å²) in [5.41, 5.74) is 0.953. The first-order chi connectivity index (χ1) is 11.0. The minimum absolute atomic E-state index is 0.0308. The topological polar surface area (TPSA) is 79.9 Å². The number of carbonyl (C=O) groups excluding carboxylic acids is 1. The second-order valence-corrected chi connectivity index (χ2v) is 6.63. The van der Waals surface area contributed by atoms with Crippen LogP contribution in [0.5, 0.6) is 5.75 Å². The summed E-state index contributed by atoms with van der Waals surface area (Å²) in [6.45, 7) is 6.50. The summed E-state index contributed by atoms with van der Waals surface area (Å²) in [5, 5.41) is 10.6. The third-order valence-corrected chi connectivity index (χ3v) is 4.40. The van der Waals surface area contributed by atoms with Crippen molar-refractivity contribution in [3.8, 4) is 5.75 Å². The molecule has 1 aromatic carbocycles. The number of hydrogen-bond acceptors (Lipinski definition) is 5. The Labute approximate surface area is 144 Å². The van der Waals surface area contributed by atoms with Gasteiger partial charge in [-0.25, -0.2) is 4.98 Å². The number of ether oxygens (including phenoxy) is 1. The number of hydrogen-bond donors (Lipinski definition) is 2. The summed E-state index contributed by atoms with van der Waals surface area (Å²) in [7, 11) is 0. The average Bonchev–Trinajstić information content (AvgIpc) is 2.96. The highest BCUT2D eigenvalue weighted by atomic mass is 35.5. The van der Waals surface area contributed by atoms with Crippen LogP contribution in [0.15, 0.2) is 23.4 Å². The fourth-order valence-corrected chi connectivity index (χ4v) is 2.67.